The highest BCUT2D eigenvalue weighted by Crippen LogP contribution is 2.34. The monoisotopic (exact) mass is 484 g/mol. The lowest BCUT2D eigenvalue weighted by atomic mass is 10.1. The second-order valence-electron chi connectivity index (χ2n) is 7.19. The van der Waals surface area contributed by atoms with E-state index in [9.17, 15) is 18.0 Å². The second-order valence-corrected chi connectivity index (χ2v) is 9.75. The first-order valence-corrected chi connectivity index (χ1v) is 12.0. The molecule has 2 N–H and O–H groups in total. The van der Waals surface area contributed by atoms with Gasteiger partial charge in [-0.25, -0.2) is 13.4 Å². The van der Waals surface area contributed by atoms with E-state index in [4.69, 9.17) is 9.84 Å². The molecule has 1 aliphatic rings. The van der Waals surface area contributed by atoms with Gasteiger partial charge in [0.2, 0.25) is 0 Å². The van der Waals surface area contributed by atoms with E-state index in [-0.39, 0.29) is 22.9 Å². The average molecular weight is 485 g/mol. The summed E-state index contributed by atoms with van der Waals surface area (Å²) in [5.41, 5.74) is 2.04. The summed E-state index contributed by atoms with van der Waals surface area (Å²) >= 11 is 1.52. The third kappa shape index (κ3) is 4.01. The summed E-state index contributed by atoms with van der Waals surface area (Å²) in [6, 6.07) is 10.7. The lowest BCUT2D eigenvalue weighted by Gasteiger charge is -2.28. The Hall–Kier alpha value is -3.90. The van der Waals surface area contributed by atoms with Crippen molar-refractivity contribution >= 4 is 49.6 Å². The molecule has 0 spiro atoms. The Morgan fingerprint density at radius 1 is 1.21 bits per heavy atom. The minimum atomic E-state index is -4.01. The van der Waals surface area contributed by atoms with Gasteiger partial charge in [-0.05, 0) is 30.3 Å². The maximum absolute atomic E-state index is 12.9. The smallest absolute Gasteiger partial charge is 0.323 e. The number of amides is 1. The number of imidazole rings is 1. The Balaban J connectivity index is 1.40. The third-order valence-electron chi connectivity index (χ3n) is 5.00. The number of hydrogen-bond acceptors (Lipinski definition) is 7. The number of ether oxygens (including phenoxy) is 1. The molecule has 3 heterocycles. The highest BCUT2D eigenvalue weighted by Gasteiger charge is 2.29. The number of carboxylic acids is 1. The number of benzene rings is 2. The molecule has 5 rings (SSSR count). The fourth-order valence-electron chi connectivity index (χ4n) is 3.45. The predicted molar refractivity (Wildman–Crippen MR) is 121 cm³/mol. The summed E-state index contributed by atoms with van der Waals surface area (Å²) in [7, 11) is -4.01. The molecule has 0 bridgehead atoms. The molecule has 1 amide bonds. The molecule has 0 unspecified atom stereocenters. The van der Waals surface area contributed by atoms with Crippen LogP contribution in [-0.2, 0) is 19.6 Å². The molecule has 0 aliphatic carbocycles. The maximum Gasteiger partial charge on any atom is 0.323 e. The van der Waals surface area contributed by atoms with Crippen molar-refractivity contribution in [1.82, 2.24) is 9.38 Å². The van der Waals surface area contributed by atoms with Gasteiger partial charge in [0.1, 0.15) is 12.3 Å². The summed E-state index contributed by atoms with van der Waals surface area (Å²) < 4.78 is 35.6. The van der Waals surface area contributed by atoms with Crippen LogP contribution in [0.2, 0.25) is 0 Å². The Kier molecular flexibility index (Phi) is 5.02. The molecule has 168 valence electrons. The Morgan fingerprint density at radius 3 is 2.73 bits per heavy atom. The fraction of sp³-hybridized carbons (Fsp3) is 0.0952. The standard InChI is InChI=1S/C21H16N4O6S2/c26-19-12-31-18-6-5-15(9-17(18)25(19)11-20(27)28)33(29,30)23-14-3-1-13(2-4-14)16-10-24-7-8-32-21(24)22-16/h1-10,23H,11-12H2,(H,27,28). The zero-order valence-corrected chi connectivity index (χ0v) is 18.5. The van der Waals surface area contributed by atoms with E-state index in [2.05, 4.69) is 9.71 Å². The van der Waals surface area contributed by atoms with Crippen LogP contribution in [0.1, 0.15) is 0 Å². The largest absolute Gasteiger partial charge is 0.482 e. The van der Waals surface area contributed by atoms with Crippen LogP contribution < -0.4 is 14.4 Å². The molecule has 1 aliphatic heterocycles. The Morgan fingerprint density at radius 2 is 2.00 bits per heavy atom. The van der Waals surface area contributed by atoms with Crippen LogP contribution >= 0.6 is 11.3 Å². The van der Waals surface area contributed by atoms with E-state index in [1.807, 2.05) is 22.2 Å². The lowest BCUT2D eigenvalue weighted by molar-refractivity contribution is -0.137. The maximum atomic E-state index is 12.9. The fourth-order valence-corrected chi connectivity index (χ4v) is 5.23. The number of aliphatic carboxylic acids is 1. The number of carbonyl (C=O) groups excluding carboxylic acids is 1. The number of anilines is 2. The normalized spacial score (nSPS) is 13.6. The molecule has 33 heavy (non-hydrogen) atoms. The van der Waals surface area contributed by atoms with Crippen LogP contribution in [0.5, 0.6) is 5.75 Å². The number of thiazole rings is 1. The van der Waals surface area contributed by atoms with Crippen molar-refractivity contribution < 1.29 is 27.9 Å². The SMILES string of the molecule is O=C(O)CN1C(=O)COc2ccc(S(=O)(=O)Nc3ccc(-c4cn5ccsc5n4)cc3)cc21. The van der Waals surface area contributed by atoms with Crippen molar-refractivity contribution in [3.05, 3.63) is 60.2 Å². The molecule has 12 heteroatoms. The second kappa shape index (κ2) is 7.90. The summed E-state index contributed by atoms with van der Waals surface area (Å²) in [6.45, 7) is -0.912. The molecule has 0 saturated heterocycles. The number of carbonyl (C=O) groups is 2. The molecule has 2 aromatic heterocycles. The molecule has 2 aromatic carbocycles. The number of aromatic nitrogens is 2. The van der Waals surface area contributed by atoms with Gasteiger partial charge in [-0.1, -0.05) is 12.1 Å². The number of fused-ring (bicyclic) bond motifs is 2. The first-order valence-electron chi connectivity index (χ1n) is 9.65. The van der Waals surface area contributed by atoms with Gasteiger partial charge < -0.3 is 9.84 Å². The van der Waals surface area contributed by atoms with Gasteiger partial charge in [0.05, 0.1) is 16.3 Å². The highest BCUT2D eigenvalue weighted by atomic mass is 32.2. The van der Waals surface area contributed by atoms with E-state index >= 15 is 0 Å². The van der Waals surface area contributed by atoms with Gasteiger partial charge in [-0.2, -0.15) is 0 Å². The zero-order valence-electron chi connectivity index (χ0n) is 16.8. The van der Waals surface area contributed by atoms with Crippen LogP contribution in [0.4, 0.5) is 11.4 Å². The molecule has 0 atom stereocenters. The van der Waals surface area contributed by atoms with Crippen molar-refractivity contribution in [3.8, 4) is 17.0 Å². The van der Waals surface area contributed by atoms with Crippen molar-refractivity contribution in [2.45, 2.75) is 4.90 Å². The first-order chi connectivity index (χ1) is 15.8. The third-order valence-corrected chi connectivity index (χ3v) is 7.15. The summed E-state index contributed by atoms with van der Waals surface area (Å²) in [5.74, 6) is -1.55. The molecule has 0 radical (unpaired) electrons. The highest BCUT2D eigenvalue weighted by molar-refractivity contribution is 7.92. The van der Waals surface area contributed by atoms with Gasteiger partial charge in [-0.3, -0.25) is 23.6 Å². The summed E-state index contributed by atoms with van der Waals surface area (Å²) in [6.07, 6.45) is 3.80. The topological polar surface area (TPSA) is 130 Å². The van der Waals surface area contributed by atoms with E-state index in [0.29, 0.717) is 5.69 Å². The van der Waals surface area contributed by atoms with E-state index in [1.165, 1.54) is 29.5 Å². The van der Waals surface area contributed by atoms with Gasteiger partial charge in [-0.15, -0.1) is 11.3 Å². The zero-order chi connectivity index (χ0) is 23.2. The van der Waals surface area contributed by atoms with Crippen molar-refractivity contribution in [1.29, 1.82) is 0 Å². The van der Waals surface area contributed by atoms with E-state index in [1.54, 1.807) is 24.3 Å². The number of hydrogen-bond donors (Lipinski definition) is 2. The number of rotatable bonds is 6. The molecule has 10 nitrogen and oxygen atoms in total. The number of sulfonamides is 1. The van der Waals surface area contributed by atoms with E-state index < -0.39 is 28.4 Å². The van der Waals surface area contributed by atoms with Crippen molar-refractivity contribution in [2.75, 3.05) is 22.8 Å². The van der Waals surface area contributed by atoms with Crippen molar-refractivity contribution in [2.24, 2.45) is 0 Å². The Labute approximate surface area is 191 Å². The lowest BCUT2D eigenvalue weighted by Crippen LogP contribution is -2.42. The molecular weight excluding hydrogens is 468 g/mol. The van der Waals surface area contributed by atoms with Gasteiger partial charge >= 0.3 is 5.97 Å². The summed E-state index contributed by atoms with van der Waals surface area (Å²) in [5, 5.41) is 11.0. The van der Waals surface area contributed by atoms with Crippen LogP contribution in [0.15, 0.2) is 65.1 Å². The quantitative estimate of drug-likeness (QED) is 0.430. The predicted octanol–water partition coefficient (Wildman–Crippen LogP) is 2.67. The van der Waals surface area contributed by atoms with Gasteiger partial charge in [0.25, 0.3) is 15.9 Å². The molecule has 4 aromatic rings. The minimum Gasteiger partial charge on any atom is -0.482 e. The summed E-state index contributed by atoms with van der Waals surface area (Å²) in [4.78, 5) is 29.5. The van der Waals surface area contributed by atoms with Gasteiger partial charge in [0.15, 0.2) is 11.6 Å². The first kappa shape index (κ1) is 21.0. The van der Waals surface area contributed by atoms with Crippen LogP contribution in [0, 0.1) is 0 Å². The minimum absolute atomic E-state index is 0.0895. The average Bonchev–Trinajstić information content (AvgIpc) is 3.38. The number of nitrogens with one attached hydrogen (secondary N) is 1. The molecule has 0 saturated carbocycles. The number of nitrogens with zero attached hydrogens (tertiary/aromatic N) is 3. The van der Waals surface area contributed by atoms with Crippen LogP contribution in [-0.4, -0.2) is 47.9 Å². The number of carboxylic acid groups (broad SMARTS) is 1. The van der Waals surface area contributed by atoms with Gasteiger partial charge in [0, 0.05) is 29.0 Å². The van der Waals surface area contributed by atoms with Crippen LogP contribution in [0.25, 0.3) is 16.2 Å². The van der Waals surface area contributed by atoms with Crippen molar-refractivity contribution in [3.63, 3.8) is 0 Å². The van der Waals surface area contributed by atoms with E-state index in [0.717, 1.165) is 21.1 Å². The Bertz CT molecular complexity index is 1460. The molecular formula is C21H16N4O6S2. The molecule has 0 fully saturated rings. The van der Waals surface area contributed by atoms with Crippen LogP contribution in [0.3, 0.4) is 0 Å².